The molecule has 0 amide bonds. The lowest BCUT2D eigenvalue weighted by molar-refractivity contribution is 0.112. The first kappa shape index (κ1) is 12.3. The van der Waals surface area contributed by atoms with Crippen molar-refractivity contribution in [2.24, 2.45) is 0 Å². The van der Waals surface area contributed by atoms with E-state index in [-0.39, 0.29) is 0 Å². The predicted octanol–water partition coefficient (Wildman–Crippen LogP) is 6.14. The summed E-state index contributed by atoms with van der Waals surface area (Å²) < 4.78 is 0. The molecule has 110 valence electrons. The third-order valence-electron chi connectivity index (χ3n) is 5.42. The van der Waals surface area contributed by atoms with Crippen LogP contribution in [0.4, 0.5) is 0 Å². The molecule has 0 aliphatic carbocycles. The van der Waals surface area contributed by atoms with E-state index in [2.05, 4.69) is 60.7 Å². The highest BCUT2D eigenvalue weighted by Gasteiger charge is 2.18. The van der Waals surface area contributed by atoms with Crippen LogP contribution in [0.5, 0.6) is 0 Å². The highest BCUT2D eigenvalue weighted by atomic mass is 16.1. The minimum Gasteiger partial charge on any atom is -0.298 e. The lowest BCUT2D eigenvalue weighted by atomic mass is 9.84. The molecule has 0 bridgehead atoms. The maximum Gasteiger partial charge on any atom is 0.150 e. The summed E-state index contributed by atoms with van der Waals surface area (Å²) in [5.74, 6) is 0. The quantitative estimate of drug-likeness (QED) is 0.202. The van der Waals surface area contributed by atoms with Gasteiger partial charge in [-0.1, -0.05) is 66.7 Å². The number of carbonyl (C=O) groups excluding carboxylic acids is 1. The SMILES string of the molecule is O=Cc1ccc2ccc3ccc4ccc5cccc6c1c2c3c4c56. The van der Waals surface area contributed by atoms with Crippen molar-refractivity contribution in [2.75, 3.05) is 0 Å². The number of fused-ring (bicyclic) bond motifs is 1. The lowest BCUT2D eigenvalue weighted by Gasteiger charge is -2.18. The Labute approximate surface area is 137 Å². The molecule has 0 saturated carbocycles. The van der Waals surface area contributed by atoms with E-state index in [9.17, 15) is 4.79 Å². The molecule has 6 rings (SSSR count). The maximum absolute atomic E-state index is 11.7. The van der Waals surface area contributed by atoms with Crippen molar-refractivity contribution >= 4 is 60.1 Å². The molecule has 0 fully saturated rings. The number of aldehydes is 1. The number of hydrogen-bond acceptors (Lipinski definition) is 1. The molecule has 0 unspecified atom stereocenters. The molecule has 0 heterocycles. The van der Waals surface area contributed by atoms with Crippen molar-refractivity contribution in [3.05, 3.63) is 72.3 Å². The van der Waals surface area contributed by atoms with Gasteiger partial charge >= 0.3 is 0 Å². The standard InChI is InChI=1S/C23H12O/c24-12-17-11-10-15-7-9-16-8-6-14-5-4-13-2-1-3-18-19(13)21(14)23(16)22(15)20(17)18/h1-12H. The lowest BCUT2D eigenvalue weighted by Crippen LogP contribution is -1.93. The van der Waals surface area contributed by atoms with E-state index in [1.54, 1.807) is 0 Å². The summed E-state index contributed by atoms with van der Waals surface area (Å²) in [5, 5.41) is 12.3. The third kappa shape index (κ3) is 1.26. The van der Waals surface area contributed by atoms with E-state index in [0.717, 1.165) is 17.2 Å². The highest BCUT2D eigenvalue weighted by Crippen LogP contribution is 2.45. The van der Waals surface area contributed by atoms with Crippen molar-refractivity contribution in [3.63, 3.8) is 0 Å². The van der Waals surface area contributed by atoms with E-state index in [1.165, 1.54) is 48.5 Å². The average molecular weight is 304 g/mol. The fourth-order valence-electron chi connectivity index (χ4n) is 4.44. The molecule has 0 aliphatic heterocycles. The smallest absolute Gasteiger partial charge is 0.150 e. The summed E-state index contributed by atoms with van der Waals surface area (Å²) in [6.45, 7) is 0. The summed E-state index contributed by atoms with van der Waals surface area (Å²) in [4.78, 5) is 11.7. The second-order valence-electron chi connectivity index (χ2n) is 6.54. The van der Waals surface area contributed by atoms with Crippen LogP contribution in [0.15, 0.2) is 66.7 Å². The topological polar surface area (TPSA) is 17.1 Å². The Morgan fingerprint density at radius 3 is 1.62 bits per heavy atom. The van der Waals surface area contributed by atoms with E-state index >= 15 is 0 Å². The van der Waals surface area contributed by atoms with Gasteiger partial charge in [0.15, 0.2) is 6.29 Å². The van der Waals surface area contributed by atoms with Crippen LogP contribution in [0.1, 0.15) is 10.4 Å². The van der Waals surface area contributed by atoms with Gasteiger partial charge in [0.1, 0.15) is 0 Å². The summed E-state index contributed by atoms with van der Waals surface area (Å²) in [6.07, 6.45) is 0.987. The fourth-order valence-corrected chi connectivity index (χ4v) is 4.44. The van der Waals surface area contributed by atoms with Crippen molar-refractivity contribution in [1.82, 2.24) is 0 Å². The second kappa shape index (κ2) is 4.01. The molecule has 1 nitrogen and oxygen atoms in total. The van der Waals surface area contributed by atoms with Gasteiger partial charge in [-0.2, -0.15) is 0 Å². The average Bonchev–Trinajstić information content (AvgIpc) is 2.65. The first-order valence-electron chi connectivity index (χ1n) is 8.16. The van der Waals surface area contributed by atoms with Crippen LogP contribution in [-0.4, -0.2) is 6.29 Å². The number of hydrogen-bond donors (Lipinski definition) is 0. The Kier molecular flexibility index (Phi) is 2.05. The van der Waals surface area contributed by atoms with Crippen LogP contribution in [-0.2, 0) is 0 Å². The maximum atomic E-state index is 11.7. The summed E-state index contributed by atoms with van der Waals surface area (Å²) in [5.41, 5.74) is 0.772. The Morgan fingerprint density at radius 1 is 0.500 bits per heavy atom. The molecule has 0 saturated heterocycles. The van der Waals surface area contributed by atoms with Gasteiger partial charge < -0.3 is 0 Å². The summed E-state index contributed by atoms with van der Waals surface area (Å²) in [7, 11) is 0. The molecule has 0 N–H and O–H groups in total. The van der Waals surface area contributed by atoms with Crippen LogP contribution in [0.3, 0.4) is 0 Å². The molecule has 0 radical (unpaired) electrons. The minimum absolute atomic E-state index is 0.772. The summed E-state index contributed by atoms with van der Waals surface area (Å²) >= 11 is 0. The molecule has 6 aromatic carbocycles. The minimum atomic E-state index is 0.772. The van der Waals surface area contributed by atoms with Crippen LogP contribution < -0.4 is 0 Å². The summed E-state index contributed by atoms with van der Waals surface area (Å²) in [6, 6.07) is 23.5. The van der Waals surface area contributed by atoms with Gasteiger partial charge in [0, 0.05) is 10.9 Å². The molecular formula is C23H12O. The van der Waals surface area contributed by atoms with Crippen LogP contribution >= 0.6 is 0 Å². The Balaban J connectivity index is 2.19. The Hall–Kier alpha value is -3.19. The first-order chi connectivity index (χ1) is 11.9. The first-order valence-corrected chi connectivity index (χ1v) is 8.16. The molecule has 1 heteroatoms. The van der Waals surface area contributed by atoms with Gasteiger partial charge in [-0.25, -0.2) is 0 Å². The van der Waals surface area contributed by atoms with E-state index < -0.39 is 0 Å². The molecule has 6 aromatic rings. The molecule has 0 atom stereocenters. The number of rotatable bonds is 1. The van der Waals surface area contributed by atoms with E-state index in [4.69, 9.17) is 0 Å². The number of benzene rings is 6. The van der Waals surface area contributed by atoms with Crippen LogP contribution in [0, 0.1) is 0 Å². The monoisotopic (exact) mass is 304 g/mol. The molecule has 24 heavy (non-hydrogen) atoms. The van der Waals surface area contributed by atoms with Gasteiger partial charge in [-0.05, 0) is 48.5 Å². The van der Waals surface area contributed by atoms with Gasteiger partial charge in [-0.3, -0.25) is 4.79 Å². The zero-order chi connectivity index (χ0) is 15.8. The van der Waals surface area contributed by atoms with Crippen molar-refractivity contribution in [3.8, 4) is 0 Å². The molecule has 0 aliphatic rings. The van der Waals surface area contributed by atoms with Crippen LogP contribution in [0.2, 0.25) is 0 Å². The van der Waals surface area contributed by atoms with Crippen molar-refractivity contribution in [1.29, 1.82) is 0 Å². The van der Waals surface area contributed by atoms with Gasteiger partial charge in [0.25, 0.3) is 0 Å². The Morgan fingerprint density at radius 2 is 1.00 bits per heavy atom. The largest absolute Gasteiger partial charge is 0.298 e. The van der Waals surface area contributed by atoms with Gasteiger partial charge in [0.2, 0.25) is 0 Å². The zero-order valence-corrected chi connectivity index (χ0v) is 12.8. The van der Waals surface area contributed by atoms with E-state index in [1.807, 2.05) is 6.07 Å². The normalized spacial score (nSPS) is 12.3. The Bertz CT molecular complexity index is 1400. The van der Waals surface area contributed by atoms with Gasteiger partial charge in [0.05, 0.1) is 0 Å². The molecule has 0 aromatic heterocycles. The third-order valence-corrected chi connectivity index (χ3v) is 5.42. The van der Waals surface area contributed by atoms with Crippen molar-refractivity contribution in [2.45, 2.75) is 0 Å². The van der Waals surface area contributed by atoms with Gasteiger partial charge in [-0.15, -0.1) is 0 Å². The second-order valence-corrected chi connectivity index (χ2v) is 6.54. The van der Waals surface area contributed by atoms with Crippen LogP contribution in [0.25, 0.3) is 53.9 Å². The van der Waals surface area contributed by atoms with E-state index in [0.29, 0.717) is 0 Å². The van der Waals surface area contributed by atoms with Crippen molar-refractivity contribution < 1.29 is 4.79 Å². The highest BCUT2D eigenvalue weighted by molar-refractivity contribution is 6.40. The molecular weight excluding hydrogens is 292 g/mol. The fraction of sp³-hybridized carbons (Fsp3) is 0. The predicted molar refractivity (Wildman–Crippen MR) is 102 cm³/mol. The zero-order valence-electron chi connectivity index (χ0n) is 12.8. The number of carbonyl (C=O) groups is 1. The molecule has 0 spiro atoms.